The van der Waals surface area contributed by atoms with Gasteiger partial charge in [-0.15, -0.1) is 0 Å². The molecule has 0 spiro atoms. The fraction of sp³-hybridized carbons (Fsp3) is 0.400. The molecule has 0 aliphatic rings. The predicted octanol–water partition coefficient (Wildman–Crippen LogP) is 0.975. The summed E-state index contributed by atoms with van der Waals surface area (Å²) in [6.45, 7) is 1.65. The highest BCUT2D eigenvalue weighted by Gasteiger charge is 2.43. The smallest absolute Gasteiger partial charge is 0.264 e. The van der Waals surface area contributed by atoms with E-state index < -0.39 is 20.5 Å². The van der Waals surface area contributed by atoms with Crippen LogP contribution in [0.4, 0.5) is 0 Å². The molecule has 0 saturated carbocycles. The molecule has 1 aromatic carbocycles. The molecular weight excluding hydrogens is 412 g/mol. The van der Waals surface area contributed by atoms with Crippen molar-refractivity contribution >= 4 is 15.7 Å². The predicted molar refractivity (Wildman–Crippen MR) is 111 cm³/mol. The molecule has 2 rings (SSSR count). The third-order valence-electron chi connectivity index (χ3n) is 4.98. The number of aromatic nitrogens is 1. The van der Waals surface area contributed by atoms with Crippen molar-refractivity contribution in [1.82, 2.24) is 10.0 Å². The summed E-state index contributed by atoms with van der Waals surface area (Å²) in [4.78, 5) is 24.4. The van der Waals surface area contributed by atoms with Crippen molar-refractivity contribution in [2.45, 2.75) is 31.1 Å². The zero-order valence-electron chi connectivity index (χ0n) is 16.9. The second-order valence-corrected chi connectivity index (χ2v) is 9.54. The normalized spacial score (nSPS) is 13.5. The number of aliphatic hydroxyl groups excluding tert-OH is 1. The molecule has 0 saturated heterocycles. The van der Waals surface area contributed by atoms with Crippen LogP contribution in [0, 0.1) is 0 Å². The number of hydrogen-bond donors (Lipinski definition) is 3. The summed E-state index contributed by atoms with van der Waals surface area (Å²) < 4.78 is 29.0. The van der Waals surface area contributed by atoms with Crippen molar-refractivity contribution in [3.63, 3.8) is 0 Å². The highest BCUT2D eigenvalue weighted by atomic mass is 32.2. The van der Waals surface area contributed by atoms with E-state index in [-0.39, 0.29) is 25.1 Å². The Morgan fingerprint density at radius 2 is 1.87 bits per heavy atom. The van der Waals surface area contributed by atoms with E-state index in [0.717, 1.165) is 11.8 Å². The third kappa shape index (κ3) is 5.47. The molecule has 0 aliphatic heterocycles. The number of sulfone groups is 1. The van der Waals surface area contributed by atoms with Gasteiger partial charge in [0.2, 0.25) is 0 Å². The van der Waals surface area contributed by atoms with Gasteiger partial charge >= 0.3 is 0 Å². The van der Waals surface area contributed by atoms with Crippen LogP contribution in [0.1, 0.15) is 19.8 Å². The average Bonchev–Trinajstić information content (AvgIpc) is 2.71. The van der Waals surface area contributed by atoms with Crippen molar-refractivity contribution in [2.75, 3.05) is 19.5 Å². The Kier molecular flexibility index (Phi) is 7.77. The highest BCUT2D eigenvalue weighted by Crippen LogP contribution is 2.23. The summed E-state index contributed by atoms with van der Waals surface area (Å²) in [6.07, 6.45) is 2.80. The van der Waals surface area contributed by atoms with Crippen molar-refractivity contribution in [1.29, 1.82) is 0 Å². The molecule has 0 radical (unpaired) electrons. The molecule has 1 atom stereocenters. The molecule has 2 aromatic rings. The molecule has 164 valence electrons. The Morgan fingerprint density at radius 3 is 2.40 bits per heavy atom. The van der Waals surface area contributed by atoms with Gasteiger partial charge in [-0.3, -0.25) is 14.8 Å². The molecule has 1 aromatic heterocycles. The van der Waals surface area contributed by atoms with Gasteiger partial charge in [0, 0.05) is 38.1 Å². The van der Waals surface area contributed by atoms with Crippen molar-refractivity contribution < 1.29 is 28.3 Å². The topological polar surface area (TPSA) is 135 Å². The van der Waals surface area contributed by atoms with Crippen LogP contribution < -0.4 is 15.8 Å². The van der Waals surface area contributed by atoms with Gasteiger partial charge in [-0.1, -0.05) is 12.1 Å². The lowest BCUT2D eigenvalue weighted by molar-refractivity contribution is -0.131. The molecule has 1 heterocycles. The largest absolute Gasteiger partial charge is 0.494 e. The van der Waals surface area contributed by atoms with Crippen LogP contribution in [-0.2, 0) is 21.2 Å². The second-order valence-electron chi connectivity index (χ2n) is 7.09. The maximum Gasteiger partial charge on any atom is 0.264 e. The van der Waals surface area contributed by atoms with Crippen molar-refractivity contribution in [3.05, 3.63) is 52.9 Å². The molecule has 0 aliphatic carbocycles. The fourth-order valence-corrected chi connectivity index (χ4v) is 3.63. The quantitative estimate of drug-likeness (QED) is 0.286. The lowest BCUT2D eigenvalue weighted by atomic mass is 10.1. The van der Waals surface area contributed by atoms with E-state index in [9.17, 15) is 18.0 Å². The minimum atomic E-state index is -3.84. The van der Waals surface area contributed by atoms with Gasteiger partial charge in [0.05, 0.1) is 6.61 Å². The highest BCUT2D eigenvalue weighted by molar-refractivity contribution is 7.92. The maximum absolute atomic E-state index is 12.5. The van der Waals surface area contributed by atoms with E-state index in [0.29, 0.717) is 24.3 Å². The number of nitrogens with one attached hydrogen (secondary N) is 1. The van der Waals surface area contributed by atoms with Gasteiger partial charge in [-0.05, 0) is 42.7 Å². The number of aliphatic hydroxyl groups is 1. The fourth-order valence-electron chi connectivity index (χ4n) is 2.79. The Morgan fingerprint density at radius 1 is 1.20 bits per heavy atom. The number of nitrogens with zero attached hydrogens (tertiary/aromatic N) is 1. The van der Waals surface area contributed by atoms with E-state index in [1.54, 1.807) is 30.3 Å². The summed E-state index contributed by atoms with van der Waals surface area (Å²) >= 11 is 0. The SMILES string of the molecule is CC(CCn1ccc(-c2ccc(OCCCO)cc2)cc1=O)(C(=O)NO)S(C)(=O)=O. The first-order chi connectivity index (χ1) is 14.1. The molecule has 0 fully saturated rings. The van der Waals surface area contributed by atoms with E-state index in [1.165, 1.54) is 29.2 Å². The second kappa shape index (κ2) is 9.88. The summed E-state index contributed by atoms with van der Waals surface area (Å²) in [6, 6.07) is 10.3. The molecule has 10 heteroatoms. The van der Waals surface area contributed by atoms with E-state index in [2.05, 4.69) is 0 Å². The standard InChI is InChI=1S/C20H26N2O7S/c1-20(19(25)21-26,30(2,27)28)9-11-22-10-8-16(14-18(22)24)15-4-6-17(7-5-15)29-13-3-12-23/h4-8,10,14,23,26H,3,9,11-13H2,1-2H3,(H,21,25). The van der Waals surface area contributed by atoms with Crippen LogP contribution in [0.25, 0.3) is 11.1 Å². The Bertz CT molecular complexity index is 1030. The number of ether oxygens (including phenoxy) is 1. The van der Waals surface area contributed by atoms with Gasteiger partial charge in [0.15, 0.2) is 14.6 Å². The molecular formula is C20H26N2O7S. The number of pyridine rings is 1. The summed E-state index contributed by atoms with van der Waals surface area (Å²) in [5, 5.41) is 17.7. The van der Waals surface area contributed by atoms with Crippen molar-refractivity contribution in [3.8, 4) is 16.9 Å². The lowest BCUT2D eigenvalue weighted by Gasteiger charge is -2.25. The number of amides is 1. The first-order valence-corrected chi connectivity index (χ1v) is 11.2. The first-order valence-electron chi connectivity index (χ1n) is 9.31. The van der Waals surface area contributed by atoms with Gasteiger partial charge in [0.1, 0.15) is 5.75 Å². The minimum Gasteiger partial charge on any atom is -0.494 e. The summed E-state index contributed by atoms with van der Waals surface area (Å²) in [7, 11) is -3.84. The maximum atomic E-state index is 12.5. The van der Waals surface area contributed by atoms with E-state index in [4.69, 9.17) is 15.1 Å². The van der Waals surface area contributed by atoms with Crippen LogP contribution in [0.5, 0.6) is 5.75 Å². The van der Waals surface area contributed by atoms with Crippen LogP contribution in [-0.4, -0.2) is 53.4 Å². The molecule has 30 heavy (non-hydrogen) atoms. The van der Waals surface area contributed by atoms with Crippen LogP contribution >= 0.6 is 0 Å². The molecule has 0 bridgehead atoms. The van der Waals surface area contributed by atoms with Crippen LogP contribution in [0.3, 0.4) is 0 Å². The van der Waals surface area contributed by atoms with Gasteiger partial charge in [-0.25, -0.2) is 13.9 Å². The Hall–Kier alpha value is -2.69. The number of carbonyl (C=O) groups excluding carboxylic acids is 1. The third-order valence-corrected chi connectivity index (χ3v) is 7.01. The van der Waals surface area contributed by atoms with Gasteiger partial charge in [0.25, 0.3) is 11.5 Å². The summed E-state index contributed by atoms with van der Waals surface area (Å²) in [5.74, 6) is -0.390. The average molecular weight is 439 g/mol. The zero-order chi connectivity index (χ0) is 22.4. The Balaban J connectivity index is 2.15. The van der Waals surface area contributed by atoms with Crippen molar-refractivity contribution in [2.24, 2.45) is 0 Å². The molecule has 9 nitrogen and oxygen atoms in total. The van der Waals surface area contributed by atoms with Gasteiger partial charge in [-0.2, -0.15) is 0 Å². The first kappa shape index (κ1) is 23.6. The number of benzene rings is 1. The van der Waals surface area contributed by atoms with Crippen LogP contribution in [0.15, 0.2) is 47.4 Å². The number of aryl methyl sites for hydroxylation is 1. The summed E-state index contributed by atoms with van der Waals surface area (Å²) in [5.41, 5.74) is 2.51. The van der Waals surface area contributed by atoms with E-state index in [1.807, 2.05) is 0 Å². The van der Waals surface area contributed by atoms with Crippen LogP contribution in [0.2, 0.25) is 0 Å². The minimum absolute atomic E-state index is 0.0201. The monoisotopic (exact) mass is 438 g/mol. The number of carbonyl (C=O) groups is 1. The molecule has 3 N–H and O–H groups in total. The number of hydrogen-bond acceptors (Lipinski definition) is 7. The Labute approximate surface area is 174 Å². The lowest BCUT2D eigenvalue weighted by Crippen LogP contribution is -2.49. The number of hydroxylamine groups is 1. The van der Waals surface area contributed by atoms with Gasteiger partial charge < -0.3 is 14.4 Å². The number of rotatable bonds is 10. The van der Waals surface area contributed by atoms with E-state index >= 15 is 0 Å². The zero-order valence-corrected chi connectivity index (χ0v) is 17.7. The molecule has 1 unspecified atom stereocenters. The molecule has 1 amide bonds.